The van der Waals surface area contributed by atoms with Gasteiger partial charge in [0, 0.05) is 11.6 Å². The third-order valence-corrected chi connectivity index (χ3v) is 5.40. The van der Waals surface area contributed by atoms with Gasteiger partial charge >= 0.3 is 0 Å². The summed E-state index contributed by atoms with van der Waals surface area (Å²) in [7, 11) is -3.81. The van der Waals surface area contributed by atoms with Gasteiger partial charge in [0.2, 0.25) is 15.9 Å². The average molecular weight is 419 g/mol. The fraction of sp³-hybridized carbons (Fsp3) is 0.235. The van der Waals surface area contributed by atoms with Crippen molar-refractivity contribution >= 4 is 44.8 Å². The Hall–Kier alpha value is -1.83. The van der Waals surface area contributed by atoms with E-state index in [-0.39, 0.29) is 28.1 Å². The van der Waals surface area contributed by atoms with Crippen molar-refractivity contribution in [1.82, 2.24) is 5.32 Å². The number of hydrogen-bond donors (Lipinski definition) is 1. The van der Waals surface area contributed by atoms with E-state index >= 15 is 0 Å². The van der Waals surface area contributed by atoms with Gasteiger partial charge in [0.1, 0.15) is 11.9 Å². The van der Waals surface area contributed by atoms with Gasteiger partial charge in [-0.3, -0.25) is 9.10 Å². The lowest BCUT2D eigenvalue weighted by atomic mass is 10.2. The number of hydrogen-bond acceptors (Lipinski definition) is 3. The molecule has 2 aromatic rings. The van der Waals surface area contributed by atoms with E-state index in [0.29, 0.717) is 5.56 Å². The number of anilines is 1. The van der Waals surface area contributed by atoms with Gasteiger partial charge in [0.25, 0.3) is 0 Å². The first-order valence-electron chi connectivity index (χ1n) is 7.56. The second-order valence-corrected chi connectivity index (χ2v) is 8.38. The minimum absolute atomic E-state index is 0.117. The second kappa shape index (κ2) is 8.24. The Morgan fingerprint density at radius 1 is 1.19 bits per heavy atom. The lowest BCUT2D eigenvalue weighted by molar-refractivity contribution is -0.122. The molecule has 0 bridgehead atoms. The Balaban J connectivity index is 2.23. The zero-order valence-electron chi connectivity index (χ0n) is 14.0. The Bertz CT molecular complexity index is 905. The Kier molecular flexibility index (Phi) is 6.49. The van der Waals surface area contributed by atoms with Crippen molar-refractivity contribution in [3.05, 3.63) is 63.9 Å². The number of rotatable bonds is 6. The number of amides is 1. The van der Waals surface area contributed by atoms with Crippen LogP contribution in [0.4, 0.5) is 10.1 Å². The molecule has 9 heteroatoms. The number of benzene rings is 2. The number of carbonyl (C=O) groups is 1. The number of nitrogens with zero attached hydrogens (tertiary/aromatic N) is 1. The monoisotopic (exact) mass is 418 g/mol. The van der Waals surface area contributed by atoms with Gasteiger partial charge in [-0.05, 0) is 42.8 Å². The molecule has 0 aromatic heterocycles. The largest absolute Gasteiger partial charge is 0.350 e. The van der Waals surface area contributed by atoms with Crippen LogP contribution in [0.15, 0.2) is 42.5 Å². The molecule has 26 heavy (non-hydrogen) atoms. The summed E-state index contributed by atoms with van der Waals surface area (Å²) >= 11 is 12.0. The van der Waals surface area contributed by atoms with E-state index in [0.717, 1.165) is 10.6 Å². The Morgan fingerprint density at radius 3 is 2.38 bits per heavy atom. The lowest BCUT2D eigenvalue weighted by Crippen LogP contribution is -2.47. The number of carbonyl (C=O) groups excluding carboxylic acids is 1. The van der Waals surface area contributed by atoms with Crippen LogP contribution in [0.5, 0.6) is 0 Å². The Morgan fingerprint density at radius 2 is 1.81 bits per heavy atom. The standard InChI is InChI=1S/C17H17Cl2FN2O3S/c1-11(17(23)21-10-12-3-6-14(20)7-4-12)22(26(2,24)25)16-9-13(18)5-8-15(16)19/h3-9,11H,10H2,1-2H3,(H,21,23)/t11-/m0/s1. The highest BCUT2D eigenvalue weighted by Gasteiger charge is 2.30. The highest BCUT2D eigenvalue weighted by molar-refractivity contribution is 7.92. The van der Waals surface area contributed by atoms with Crippen LogP contribution < -0.4 is 9.62 Å². The van der Waals surface area contributed by atoms with E-state index in [4.69, 9.17) is 23.2 Å². The number of sulfonamides is 1. The fourth-order valence-corrected chi connectivity index (χ4v) is 3.98. The minimum Gasteiger partial charge on any atom is -0.350 e. The first-order chi connectivity index (χ1) is 12.1. The lowest BCUT2D eigenvalue weighted by Gasteiger charge is -2.29. The molecule has 1 atom stereocenters. The molecule has 0 radical (unpaired) electrons. The zero-order valence-corrected chi connectivity index (χ0v) is 16.4. The summed E-state index contributed by atoms with van der Waals surface area (Å²) in [5, 5.41) is 3.07. The van der Waals surface area contributed by atoms with E-state index in [9.17, 15) is 17.6 Å². The van der Waals surface area contributed by atoms with Crippen molar-refractivity contribution in [1.29, 1.82) is 0 Å². The molecule has 2 aromatic carbocycles. The Labute approximate surface area is 161 Å². The molecule has 0 saturated carbocycles. The summed E-state index contributed by atoms with van der Waals surface area (Å²) in [5.41, 5.74) is 0.796. The van der Waals surface area contributed by atoms with E-state index < -0.39 is 22.0 Å². The maximum Gasteiger partial charge on any atom is 0.243 e. The predicted octanol–water partition coefficient (Wildman–Crippen LogP) is 3.60. The average Bonchev–Trinajstić information content (AvgIpc) is 2.56. The molecule has 0 unspecified atom stereocenters. The minimum atomic E-state index is -3.81. The number of halogens is 3. The van der Waals surface area contributed by atoms with Crippen LogP contribution >= 0.6 is 23.2 Å². The summed E-state index contributed by atoms with van der Waals surface area (Å²) in [6.07, 6.45) is 0.980. The van der Waals surface area contributed by atoms with Crippen LogP contribution in [0.1, 0.15) is 12.5 Å². The van der Waals surface area contributed by atoms with Gasteiger partial charge < -0.3 is 5.32 Å². The molecule has 0 aliphatic heterocycles. The topological polar surface area (TPSA) is 66.5 Å². The fourth-order valence-electron chi connectivity index (χ4n) is 2.37. The predicted molar refractivity (Wildman–Crippen MR) is 101 cm³/mol. The highest BCUT2D eigenvalue weighted by atomic mass is 35.5. The van der Waals surface area contributed by atoms with Crippen molar-refractivity contribution in [3.63, 3.8) is 0 Å². The first kappa shape index (κ1) is 20.5. The zero-order chi connectivity index (χ0) is 19.5. The molecule has 0 aliphatic rings. The van der Waals surface area contributed by atoms with Gasteiger partial charge in [0.15, 0.2) is 0 Å². The van der Waals surface area contributed by atoms with E-state index in [1.165, 1.54) is 49.4 Å². The van der Waals surface area contributed by atoms with Crippen molar-refractivity contribution < 1.29 is 17.6 Å². The van der Waals surface area contributed by atoms with Crippen molar-refractivity contribution in [2.45, 2.75) is 19.5 Å². The van der Waals surface area contributed by atoms with Crippen LogP contribution in [-0.2, 0) is 21.4 Å². The molecule has 0 spiro atoms. The summed E-state index contributed by atoms with van der Waals surface area (Å²) in [5.74, 6) is -0.914. The number of nitrogens with one attached hydrogen (secondary N) is 1. The highest BCUT2D eigenvalue weighted by Crippen LogP contribution is 2.32. The summed E-state index contributed by atoms with van der Waals surface area (Å²) in [6.45, 7) is 1.57. The molecule has 2 rings (SSSR count). The van der Waals surface area contributed by atoms with E-state index in [1.54, 1.807) is 0 Å². The third-order valence-electron chi connectivity index (χ3n) is 3.61. The third kappa shape index (κ3) is 5.09. The molecule has 5 nitrogen and oxygen atoms in total. The smallest absolute Gasteiger partial charge is 0.243 e. The van der Waals surface area contributed by atoms with Gasteiger partial charge in [-0.25, -0.2) is 12.8 Å². The molecule has 1 N–H and O–H groups in total. The molecule has 0 saturated heterocycles. The first-order valence-corrected chi connectivity index (χ1v) is 10.2. The molecule has 1 amide bonds. The normalized spacial score (nSPS) is 12.5. The van der Waals surface area contributed by atoms with Crippen LogP contribution in [0, 0.1) is 5.82 Å². The molecular formula is C17H17Cl2FN2O3S. The maximum atomic E-state index is 12.9. The van der Waals surface area contributed by atoms with Crippen molar-refractivity contribution in [2.75, 3.05) is 10.6 Å². The second-order valence-electron chi connectivity index (χ2n) is 5.67. The van der Waals surface area contributed by atoms with Gasteiger partial charge in [-0.15, -0.1) is 0 Å². The quantitative estimate of drug-likeness (QED) is 0.778. The SMILES string of the molecule is C[C@@H](C(=O)NCc1ccc(F)cc1)N(c1cc(Cl)ccc1Cl)S(C)(=O)=O. The maximum absolute atomic E-state index is 12.9. The van der Waals surface area contributed by atoms with Crippen molar-refractivity contribution in [2.24, 2.45) is 0 Å². The molecule has 140 valence electrons. The van der Waals surface area contributed by atoms with Crippen LogP contribution in [0.3, 0.4) is 0 Å². The summed E-state index contributed by atoms with van der Waals surface area (Å²) in [4.78, 5) is 12.5. The van der Waals surface area contributed by atoms with Gasteiger partial charge in [0.05, 0.1) is 17.0 Å². The van der Waals surface area contributed by atoms with E-state index in [1.807, 2.05) is 0 Å². The van der Waals surface area contributed by atoms with Crippen LogP contribution in [-0.4, -0.2) is 26.6 Å². The van der Waals surface area contributed by atoms with Crippen LogP contribution in [0.2, 0.25) is 10.0 Å². The van der Waals surface area contributed by atoms with Crippen LogP contribution in [0.25, 0.3) is 0 Å². The summed E-state index contributed by atoms with van der Waals surface area (Å²) in [6, 6.07) is 8.91. The van der Waals surface area contributed by atoms with E-state index in [2.05, 4.69) is 5.32 Å². The van der Waals surface area contributed by atoms with Crippen molar-refractivity contribution in [3.8, 4) is 0 Å². The molecule has 0 heterocycles. The molecular weight excluding hydrogens is 402 g/mol. The molecule has 0 fully saturated rings. The van der Waals surface area contributed by atoms with Gasteiger partial charge in [-0.1, -0.05) is 35.3 Å². The molecule has 0 aliphatic carbocycles. The van der Waals surface area contributed by atoms with Gasteiger partial charge in [-0.2, -0.15) is 0 Å². The summed E-state index contributed by atoms with van der Waals surface area (Å²) < 4.78 is 38.4.